The molecule has 0 N–H and O–H groups in total. The molecule has 1 aliphatic rings. The largest absolute Gasteiger partial charge is 0.414 e. The number of hydrogen-bond donors (Lipinski definition) is 0. The van der Waals surface area contributed by atoms with Crippen molar-refractivity contribution in [2.45, 2.75) is 57.5 Å². The van der Waals surface area contributed by atoms with Crippen LogP contribution in [0.4, 0.5) is 0 Å². The van der Waals surface area contributed by atoms with E-state index in [1.54, 1.807) is 0 Å². The lowest BCUT2D eigenvalue weighted by Crippen LogP contribution is -2.39. The normalized spacial score (nSPS) is 28.2. The molecule has 14 heavy (non-hydrogen) atoms. The Morgan fingerprint density at radius 2 is 1.93 bits per heavy atom. The second-order valence-electron chi connectivity index (χ2n) is 4.83. The summed E-state index contributed by atoms with van der Waals surface area (Å²) in [5.41, 5.74) is 8.45. The molecule has 80 valence electrons. The fraction of sp³-hybridized carbons (Fsp3) is 1.00. The van der Waals surface area contributed by atoms with Crippen molar-refractivity contribution in [2.24, 2.45) is 5.11 Å². The van der Waals surface area contributed by atoms with Gasteiger partial charge in [0.25, 0.3) is 0 Å². The molecule has 1 fully saturated rings. The molecule has 1 saturated carbocycles. The van der Waals surface area contributed by atoms with Crippen LogP contribution in [0.15, 0.2) is 5.11 Å². The lowest BCUT2D eigenvalue weighted by Gasteiger charge is -2.33. The lowest BCUT2D eigenvalue weighted by molar-refractivity contribution is 0.125. The molecule has 4 nitrogen and oxygen atoms in total. The maximum absolute atomic E-state index is 8.45. The molecule has 0 radical (unpaired) electrons. The standard InChI is InChI=1S/C9H19N3OSi/c1-14(2,3)13-9-7-5-4-6-8(9)11-12-10/h8-9H,4-7H2,1-3H3/t8-,9?/m1/s1. The molecule has 1 unspecified atom stereocenters. The Morgan fingerprint density at radius 1 is 1.29 bits per heavy atom. The van der Waals surface area contributed by atoms with Crippen LogP contribution >= 0.6 is 0 Å². The van der Waals surface area contributed by atoms with Gasteiger partial charge in [0.05, 0.1) is 12.1 Å². The van der Waals surface area contributed by atoms with Crippen molar-refractivity contribution in [1.82, 2.24) is 0 Å². The van der Waals surface area contributed by atoms with Crippen molar-refractivity contribution in [3.8, 4) is 0 Å². The first-order valence-electron chi connectivity index (χ1n) is 5.25. The van der Waals surface area contributed by atoms with Gasteiger partial charge in [-0.3, -0.25) is 0 Å². The summed E-state index contributed by atoms with van der Waals surface area (Å²) >= 11 is 0. The summed E-state index contributed by atoms with van der Waals surface area (Å²) in [6, 6.07) is 0.0699. The van der Waals surface area contributed by atoms with Crippen molar-refractivity contribution in [3.63, 3.8) is 0 Å². The van der Waals surface area contributed by atoms with Gasteiger partial charge in [-0.25, -0.2) is 0 Å². The van der Waals surface area contributed by atoms with Crippen LogP contribution in [0.25, 0.3) is 10.4 Å². The highest BCUT2D eigenvalue weighted by Gasteiger charge is 2.29. The molecular weight excluding hydrogens is 194 g/mol. The first-order chi connectivity index (χ1) is 6.53. The SMILES string of the molecule is C[Si](C)(C)OC1CCCC[C@H]1N=[N+]=[N-]. The topological polar surface area (TPSA) is 58.0 Å². The molecular formula is C9H19N3OSi. The van der Waals surface area contributed by atoms with Gasteiger partial charge in [-0.2, -0.15) is 0 Å². The highest BCUT2D eigenvalue weighted by Crippen LogP contribution is 2.26. The maximum atomic E-state index is 8.45. The first kappa shape index (κ1) is 11.6. The summed E-state index contributed by atoms with van der Waals surface area (Å²) < 4.78 is 6.02. The van der Waals surface area contributed by atoms with Gasteiger partial charge in [0.1, 0.15) is 0 Å². The molecule has 0 saturated heterocycles. The zero-order valence-electron chi connectivity index (χ0n) is 9.23. The van der Waals surface area contributed by atoms with Gasteiger partial charge < -0.3 is 4.43 Å². The second kappa shape index (κ2) is 4.82. The molecule has 0 aromatic rings. The summed E-state index contributed by atoms with van der Waals surface area (Å²) in [6.07, 6.45) is 4.57. The third kappa shape index (κ3) is 3.70. The Kier molecular flexibility index (Phi) is 3.98. The molecule has 2 atom stereocenters. The minimum absolute atomic E-state index is 0.0699. The minimum Gasteiger partial charge on any atom is -0.414 e. The Labute approximate surface area is 86.4 Å². The van der Waals surface area contributed by atoms with Gasteiger partial charge in [0, 0.05) is 4.91 Å². The fourth-order valence-electron chi connectivity index (χ4n) is 1.87. The molecule has 0 amide bonds. The van der Waals surface area contributed by atoms with Crippen LogP contribution < -0.4 is 0 Å². The molecule has 5 heteroatoms. The third-order valence-electron chi connectivity index (χ3n) is 2.37. The molecule has 0 aromatic heterocycles. The van der Waals surface area contributed by atoms with Gasteiger partial charge in [-0.1, -0.05) is 18.0 Å². The minimum atomic E-state index is -1.50. The van der Waals surface area contributed by atoms with E-state index in [1.807, 2.05) is 0 Å². The smallest absolute Gasteiger partial charge is 0.184 e. The zero-order chi connectivity index (χ0) is 10.6. The van der Waals surface area contributed by atoms with Gasteiger partial charge in [0.15, 0.2) is 8.32 Å². The fourth-order valence-corrected chi connectivity index (χ4v) is 3.05. The van der Waals surface area contributed by atoms with Crippen LogP contribution in [0, 0.1) is 0 Å². The number of hydrogen-bond acceptors (Lipinski definition) is 2. The summed E-state index contributed by atoms with van der Waals surface area (Å²) in [7, 11) is -1.50. The van der Waals surface area contributed by atoms with Gasteiger partial charge in [-0.15, -0.1) is 0 Å². The zero-order valence-corrected chi connectivity index (χ0v) is 10.2. The van der Waals surface area contributed by atoms with E-state index in [0.29, 0.717) is 0 Å². The van der Waals surface area contributed by atoms with E-state index in [4.69, 9.17) is 9.96 Å². The predicted molar refractivity (Wildman–Crippen MR) is 59.6 cm³/mol. The number of rotatable bonds is 3. The first-order valence-corrected chi connectivity index (χ1v) is 8.66. The molecule has 0 bridgehead atoms. The molecule has 0 aliphatic heterocycles. The van der Waals surface area contributed by atoms with Crippen molar-refractivity contribution in [1.29, 1.82) is 0 Å². The van der Waals surface area contributed by atoms with Crippen LogP contribution in [-0.4, -0.2) is 20.5 Å². The van der Waals surface area contributed by atoms with Crippen LogP contribution in [0.5, 0.6) is 0 Å². The maximum Gasteiger partial charge on any atom is 0.184 e. The lowest BCUT2D eigenvalue weighted by atomic mass is 9.93. The van der Waals surface area contributed by atoms with E-state index >= 15 is 0 Å². The molecule has 0 aromatic carbocycles. The van der Waals surface area contributed by atoms with E-state index in [9.17, 15) is 0 Å². The van der Waals surface area contributed by atoms with Gasteiger partial charge in [-0.05, 0) is 38.0 Å². The van der Waals surface area contributed by atoms with Crippen LogP contribution in [0.1, 0.15) is 25.7 Å². The number of nitrogens with zero attached hydrogens (tertiary/aromatic N) is 3. The highest BCUT2D eigenvalue weighted by molar-refractivity contribution is 6.69. The number of azide groups is 1. The monoisotopic (exact) mass is 213 g/mol. The Bertz CT molecular complexity index is 233. The Hall–Kier alpha value is -0.513. The van der Waals surface area contributed by atoms with Crippen molar-refractivity contribution in [3.05, 3.63) is 10.4 Å². The molecule has 1 rings (SSSR count). The van der Waals surface area contributed by atoms with Crippen molar-refractivity contribution in [2.75, 3.05) is 0 Å². The second-order valence-corrected chi connectivity index (χ2v) is 9.29. The average Bonchev–Trinajstić information content (AvgIpc) is 2.06. The van der Waals surface area contributed by atoms with E-state index in [2.05, 4.69) is 29.7 Å². The van der Waals surface area contributed by atoms with E-state index < -0.39 is 8.32 Å². The van der Waals surface area contributed by atoms with Crippen LogP contribution in [0.2, 0.25) is 19.6 Å². The van der Waals surface area contributed by atoms with E-state index in [0.717, 1.165) is 19.3 Å². The predicted octanol–water partition coefficient (Wildman–Crippen LogP) is 3.46. The summed E-state index contributed by atoms with van der Waals surface area (Å²) in [6.45, 7) is 6.53. The quantitative estimate of drug-likeness (QED) is 0.306. The average molecular weight is 213 g/mol. The Morgan fingerprint density at radius 3 is 2.50 bits per heavy atom. The van der Waals surface area contributed by atoms with Crippen molar-refractivity contribution < 1.29 is 4.43 Å². The molecule has 1 aliphatic carbocycles. The van der Waals surface area contributed by atoms with Gasteiger partial charge >= 0.3 is 0 Å². The molecule has 0 spiro atoms. The van der Waals surface area contributed by atoms with E-state index in [-0.39, 0.29) is 12.1 Å². The Balaban J connectivity index is 2.58. The van der Waals surface area contributed by atoms with Gasteiger partial charge in [0.2, 0.25) is 0 Å². The van der Waals surface area contributed by atoms with Crippen molar-refractivity contribution >= 4 is 8.32 Å². The third-order valence-corrected chi connectivity index (χ3v) is 3.38. The summed E-state index contributed by atoms with van der Waals surface area (Å²) in [4.78, 5) is 2.90. The highest BCUT2D eigenvalue weighted by atomic mass is 28.4. The summed E-state index contributed by atoms with van der Waals surface area (Å²) in [5, 5.41) is 3.83. The summed E-state index contributed by atoms with van der Waals surface area (Å²) in [5.74, 6) is 0. The molecule has 0 heterocycles. The van der Waals surface area contributed by atoms with Crippen LogP contribution in [-0.2, 0) is 4.43 Å². The van der Waals surface area contributed by atoms with Crippen LogP contribution in [0.3, 0.4) is 0 Å². The van der Waals surface area contributed by atoms with E-state index in [1.165, 1.54) is 6.42 Å².